The van der Waals surface area contributed by atoms with E-state index >= 15 is 0 Å². The molecule has 6 heteroatoms. The molecule has 1 atom stereocenters. The number of hydrogen-bond acceptors (Lipinski definition) is 4. The van der Waals surface area contributed by atoms with Crippen LogP contribution in [-0.2, 0) is 27.3 Å². The first-order valence-corrected chi connectivity index (χ1v) is 8.29. The Bertz CT molecular complexity index is 706. The summed E-state index contributed by atoms with van der Waals surface area (Å²) in [6.07, 6.45) is 3.44. The lowest BCUT2D eigenvalue weighted by atomic mass is 10.1. The minimum Gasteiger partial charge on any atom is -0.365 e. The van der Waals surface area contributed by atoms with Crippen LogP contribution in [0.5, 0.6) is 0 Å². The maximum Gasteiger partial charge on any atom is 0.248 e. The van der Waals surface area contributed by atoms with E-state index in [0.29, 0.717) is 19.6 Å². The first kappa shape index (κ1) is 17.1. The first-order chi connectivity index (χ1) is 12.2. The second-order valence-electron chi connectivity index (χ2n) is 6.03. The summed E-state index contributed by atoms with van der Waals surface area (Å²) >= 11 is 0. The lowest BCUT2D eigenvalue weighted by Crippen LogP contribution is -2.50. The fourth-order valence-corrected chi connectivity index (χ4v) is 2.74. The monoisotopic (exact) mass is 339 g/mol. The molecule has 1 aromatic heterocycles. The van der Waals surface area contributed by atoms with Gasteiger partial charge in [0, 0.05) is 32.0 Å². The zero-order chi connectivity index (χ0) is 17.5. The van der Waals surface area contributed by atoms with E-state index in [1.807, 2.05) is 36.4 Å². The van der Waals surface area contributed by atoms with Gasteiger partial charge < -0.3 is 15.0 Å². The molecule has 0 bridgehead atoms. The van der Waals surface area contributed by atoms with Gasteiger partial charge in [-0.2, -0.15) is 0 Å². The molecule has 1 saturated heterocycles. The van der Waals surface area contributed by atoms with Crippen LogP contribution in [0.4, 0.5) is 0 Å². The number of benzene rings is 1. The highest BCUT2D eigenvalue weighted by Crippen LogP contribution is 2.11. The average molecular weight is 339 g/mol. The van der Waals surface area contributed by atoms with Gasteiger partial charge in [-0.25, -0.2) is 0 Å². The molecule has 0 saturated carbocycles. The van der Waals surface area contributed by atoms with Gasteiger partial charge in [0.1, 0.15) is 6.61 Å². The number of nitrogens with one attached hydrogen (secondary N) is 1. The van der Waals surface area contributed by atoms with Crippen molar-refractivity contribution in [3.05, 3.63) is 66.0 Å². The molecule has 1 aromatic carbocycles. The van der Waals surface area contributed by atoms with Crippen LogP contribution >= 0.6 is 0 Å². The van der Waals surface area contributed by atoms with E-state index < -0.39 is 0 Å². The van der Waals surface area contributed by atoms with Crippen LogP contribution < -0.4 is 5.32 Å². The number of hydrogen-bond donors (Lipinski definition) is 1. The highest BCUT2D eigenvalue weighted by atomic mass is 16.5. The quantitative estimate of drug-likeness (QED) is 0.857. The van der Waals surface area contributed by atoms with Gasteiger partial charge in [-0.3, -0.25) is 14.6 Å². The number of aromatic nitrogens is 1. The number of pyridine rings is 1. The number of ether oxygens (including phenoxy) is 1. The van der Waals surface area contributed by atoms with Gasteiger partial charge in [0.05, 0.1) is 12.5 Å². The van der Waals surface area contributed by atoms with Crippen molar-refractivity contribution in [2.75, 3.05) is 19.7 Å². The maximum atomic E-state index is 12.0. The summed E-state index contributed by atoms with van der Waals surface area (Å²) in [6.45, 7) is 1.47. The van der Waals surface area contributed by atoms with Gasteiger partial charge in [0.2, 0.25) is 11.8 Å². The Hall–Kier alpha value is -2.73. The molecule has 1 fully saturated rings. The van der Waals surface area contributed by atoms with Crippen molar-refractivity contribution >= 4 is 11.8 Å². The highest BCUT2D eigenvalue weighted by molar-refractivity contribution is 5.79. The van der Waals surface area contributed by atoms with Crippen molar-refractivity contribution < 1.29 is 14.3 Å². The molecule has 25 heavy (non-hydrogen) atoms. The summed E-state index contributed by atoms with van der Waals surface area (Å²) in [4.78, 5) is 29.8. The van der Waals surface area contributed by atoms with Crippen molar-refractivity contribution in [2.45, 2.75) is 19.1 Å². The van der Waals surface area contributed by atoms with Gasteiger partial charge in [-0.05, 0) is 17.2 Å². The van der Waals surface area contributed by atoms with Crippen LogP contribution in [-0.4, -0.2) is 47.5 Å². The third kappa shape index (κ3) is 5.12. The standard InChI is InChI=1S/C19H21N3O3/c23-18(9-16-7-4-8-20-10-16)21-11-17-13-22(19(24)14-25-17)12-15-5-2-1-3-6-15/h1-8,10,17H,9,11-14H2,(H,21,23). The van der Waals surface area contributed by atoms with E-state index in [-0.39, 0.29) is 30.9 Å². The zero-order valence-corrected chi connectivity index (χ0v) is 13.9. The third-order valence-electron chi connectivity index (χ3n) is 4.05. The SMILES string of the molecule is O=C(Cc1cccnc1)NCC1CN(Cc2ccccc2)C(=O)CO1. The van der Waals surface area contributed by atoms with E-state index in [2.05, 4.69) is 10.3 Å². The van der Waals surface area contributed by atoms with E-state index in [9.17, 15) is 9.59 Å². The second kappa shape index (κ2) is 8.39. The van der Waals surface area contributed by atoms with Crippen molar-refractivity contribution in [1.82, 2.24) is 15.2 Å². The molecule has 0 radical (unpaired) electrons. The second-order valence-corrected chi connectivity index (χ2v) is 6.03. The third-order valence-corrected chi connectivity index (χ3v) is 4.05. The Morgan fingerprint density at radius 2 is 2.00 bits per heavy atom. The molecule has 1 unspecified atom stereocenters. The molecular weight excluding hydrogens is 318 g/mol. The first-order valence-electron chi connectivity index (χ1n) is 8.29. The average Bonchev–Trinajstić information content (AvgIpc) is 2.64. The molecule has 6 nitrogen and oxygen atoms in total. The molecule has 0 aliphatic carbocycles. The molecule has 1 N–H and O–H groups in total. The van der Waals surface area contributed by atoms with Crippen LogP contribution in [0.25, 0.3) is 0 Å². The van der Waals surface area contributed by atoms with Gasteiger partial charge in [-0.15, -0.1) is 0 Å². The summed E-state index contributed by atoms with van der Waals surface area (Å²) in [5.74, 6) is -0.107. The number of rotatable bonds is 6. The zero-order valence-electron chi connectivity index (χ0n) is 13.9. The van der Waals surface area contributed by atoms with Crippen LogP contribution in [0.2, 0.25) is 0 Å². The topological polar surface area (TPSA) is 71.5 Å². The van der Waals surface area contributed by atoms with Gasteiger partial charge >= 0.3 is 0 Å². The van der Waals surface area contributed by atoms with Gasteiger partial charge in [0.15, 0.2) is 0 Å². The number of carbonyl (C=O) groups excluding carboxylic acids is 2. The molecule has 1 aliphatic rings. The fourth-order valence-electron chi connectivity index (χ4n) is 2.74. The van der Waals surface area contributed by atoms with E-state index in [1.165, 1.54) is 0 Å². The van der Waals surface area contributed by atoms with E-state index in [0.717, 1.165) is 11.1 Å². The Kier molecular flexibility index (Phi) is 5.74. The molecule has 130 valence electrons. The number of nitrogens with zero attached hydrogens (tertiary/aromatic N) is 2. The minimum absolute atomic E-state index is 0.0261. The van der Waals surface area contributed by atoms with Crippen LogP contribution in [0.1, 0.15) is 11.1 Å². The number of morpholine rings is 1. The van der Waals surface area contributed by atoms with Crippen molar-refractivity contribution in [3.63, 3.8) is 0 Å². The highest BCUT2D eigenvalue weighted by Gasteiger charge is 2.26. The predicted molar refractivity (Wildman–Crippen MR) is 92.5 cm³/mol. The normalized spacial score (nSPS) is 17.4. The Morgan fingerprint density at radius 3 is 2.76 bits per heavy atom. The summed E-state index contributed by atoms with van der Waals surface area (Å²) in [7, 11) is 0. The van der Waals surface area contributed by atoms with Crippen molar-refractivity contribution in [1.29, 1.82) is 0 Å². The van der Waals surface area contributed by atoms with E-state index in [4.69, 9.17) is 4.74 Å². The van der Waals surface area contributed by atoms with Gasteiger partial charge in [0.25, 0.3) is 0 Å². The smallest absolute Gasteiger partial charge is 0.248 e. The molecular formula is C19H21N3O3. The summed E-state index contributed by atoms with van der Waals surface area (Å²) in [5.41, 5.74) is 1.95. The van der Waals surface area contributed by atoms with Gasteiger partial charge in [-0.1, -0.05) is 36.4 Å². The maximum absolute atomic E-state index is 12.0. The van der Waals surface area contributed by atoms with Crippen LogP contribution in [0.3, 0.4) is 0 Å². The predicted octanol–water partition coefficient (Wildman–Crippen LogP) is 1.17. The van der Waals surface area contributed by atoms with Crippen molar-refractivity contribution in [3.8, 4) is 0 Å². The summed E-state index contributed by atoms with van der Waals surface area (Å²) in [5, 5.41) is 2.87. The molecule has 3 rings (SSSR count). The Balaban J connectivity index is 1.48. The minimum atomic E-state index is -0.195. The molecule has 1 aliphatic heterocycles. The molecule has 2 heterocycles. The van der Waals surface area contributed by atoms with Crippen LogP contribution in [0.15, 0.2) is 54.9 Å². The lowest BCUT2D eigenvalue weighted by Gasteiger charge is -2.33. The fraction of sp³-hybridized carbons (Fsp3) is 0.316. The number of carbonyl (C=O) groups is 2. The largest absolute Gasteiger partial charge is 0.365 e. The molecule has 2 aromatic rings. The van der Waals surface area contributed by atoms with E-state index in [1.54, 1.807) is 23.4 Å². The Morgan fingerprint density at radius 1 is 1.20 bits per heavy atom. The number of amides is 2. The summed E-state index contributed by atoms with van der Waals surface area (Å²) < 4.78 is 5.54. The lowest BCUT2D eigenvalue weighted by molar-refractivity contribution is -0.149. The van der Waals surface area contributed by atoms with Crippen LogP contribution in [0, 0.1) is 0 Å². The van der Waals surface area contributed by atoms with Crippen molar-refractivity contribution in [2.24, 2.45) is 0 Å². The molecule has 0 spiro atoms. The summed E-state index contributed by atoms with van der Waals surface area (Å²) in [6, 6.07) is 13.5. The Labute approximate surface area is 146 Å². The molecule has 2 amide bonds.